The van der Waals surface area contributed by atoms with Crippen LogP contribution in [0.25, 0.3) is 0 Å². The minimum atomic E-state index is -4.65. The minimum Gasteiger partial charge on any atom is -0.496 e. The van der Waals surface area contributed by atoms with Crippen molar-refractivity contribution in [3.8, 4) is 5.75 Å². The first-order chi connectivity index (χ1) is 11.3. The summed E-state index contributed by atoms with van der Waals surface area (Å²) in [5.74, 6) is -1.77. The number of carboxylic acids is 1. The summed E-state index contributed by atoms with van der Waals surface area (Å²) in [6.45, 7) is 4.80. The molecule has 25 heavy (non-hydrogen) atoms. The molecule has 1 atom stereocenters. The number of aliphatic carboxylic acids is 1. The van der Waals surface area contributed by atoms with Gasteiger partial charge in [-0.1, -0.05) is 6.07 Å². The Morgan fingerprint density at radius 2 is 1.84 bits per heavy atom. The van der Waals surface area contributed by atoms with E-state index in [0.29, 0.717) is 0 Å². The fraction of sp³-hybridized carbons (Fsp3) is 0.500. The lowest BCUT2D eigenvalue weighted by molar-refractivity contribution is -0.139. The molecule has 0 radical (unpaired) electrons. The first kappa shape index (κ1) is 20.6. The van der Waals surface area contributed by atoms with Crippen LogP contribution >= 0.6 is 0 Å². The highest BCUT2D eigenvalue weighted by Gasteiger charge is 2.35. The Balaban J connectivity index is 2.99. The molecule has 1 amide bonds. The predicted molar refractivity (Wildman–Crippen MR) is 82.5 cm³/mol. The summed E-state index contributed by atoms with van der Waals surface area (Å²) >= 11 is 0. The summed E-state index contributed by atoms with van der Waals surface area (Å²) in [6, 6.07) is 1.76. The Kier molecular flexibility index (Phi) is 6.28. The zero-order valence-electron chi connectivity index (χ0n) is 14.2. The van der Waals surface area contributed by atoms with Crippen molar-refractivity contribution < 1.29 is 37.3 Å². The molecule has 9 heteroatoms. The Morgan fingerprint density at radius 1 is 1.24 bits per heavy atom. The Bertz CT molecular complexity index is 638. The van der Waals surface area contributed by atoms with Gasteiger partial charge in [-0.15, -0.1) is 0 Å². The highest BCUT2D eigenvalue weighted by Crippen LogP contribution is 2.36. The van der Waals surface area contributed by atoms with Crippen molar-refractivity contribution in [3.05, 3.63) is 29.3 Å². The number of benzene rings is 1. The number of carbonyl (C=O) groups excluding carboxylic acids is 1. The third kappa shape index (κ3) is 6.52. The van der Waals surface area contributed by atoms with Crippen molar-refractivity contribution in [1.29, 1.82) is 0 Å². The molecule has 0 aromatic heterocycles. The lowest BCUT2D eigenvalue weighted by Crippen LogP contribution is -2.44. The van der Waals surface area contributed by atoms with Crippen LogP contribution in [0.3, 0.4) is 0 Å². The van der Waals surface area contributed by atoms with Crippen molar-refractivity contribution in [1.82, 2.24) is 5.32 Å². The number of hydrogen-bond donors (Lipinski definition) is 2. The molecule has 0 aliphatic carbocycles. The van der Waals surface area contributed by atoms with Gasteiger partial charge >= 0.3 is 18.2 Å². The van der Waals surface area contributed by atoms with Crippen LogP contribution in [0, 0.1) is 0 Å². The minimum absolute atomic E-state index is 0.0802. The summed E-state index contributed by atoms with van der Waals surface area (Å²) < 4.78 is 48.7. The zero-order valence-corrected chi connectivity index (χ0v) is 14.2. The summed E-state index contributed by atoms with van der Waals surface area (Å²) in [5.41, 5.74) is -1.78. The van der Waals surface area contributed by atoms with Gasteiger partial charge in [-0.05, 0) is 38.5 Å². The molecule has 0 spiro atoms. The van der Waals surface area contributed by atoms with Gasteiger partial charge in [0.25, 0.3) is 0 Å². The molecule has 0 heterocycles. The van der Waals surface area contributed by atoms with Gasteiger partial charge in [0.1, 0.15) is 17.4 Å². The number of alkyl carbamates (subject to hydrolysis) is 1. The van der Waals surface area contributed by atoms with E-state index >= 15 is 0 Å². The van der Waals surface area contributed by atoms with Crippen molar-refractivity contribution in [2.75, 3.05) is 7.11 Å². The highest BCUT2D eigenvalue weighted by atomic mass is 19.4. The molecule has 1 aromatic rings. The lowest BCUT2D eigenvalue weighted by atomic mass is 10.0. The van der Waals surface area contributed by atoms with Gasteiger partial charge in [0, 0.05) is 6.42 Å². The van der Waals surface area contributed by atoms with Crippen LogP contribution < -0.4 is 10.1 Å². The van der Waals surface area contributed by atoms with Gasteiger partial charge < -0.3 is 19.9 Å². The summed E-state index contributed by atoms with van der Waals surface area (Å²) in [5, 5.41) is 11.3. The summed E-state index contributed by atoms with van der Waals surface area (Å²) in [6.07, 6.45) is -5.97. The molecule has 140 valence electrons. The normalized spacial score (nSPS) is 13.1. The number of amides is 1. The van der Waals surface area contributed by atoms with Crippen LogP contribution in [-0.4, -0.2) is 35.9 Å². The maximum Gasteiger partial charge on any atom is 0.419 e. The highest BCUT2D eigenvalue weighted by molar-refractivity contribution is 5.80. The third-order valence-corrected chi connectivity index (χ3v) is 3.00. The fourth-order valence-corrected chi connectivity index (χ4v) is 1.99. The molecule has 0 bridgehead atoms. The van der Waals surface area contributed by atoms with Crippen molar-refractivity contribution in [2.45, 2.75) is 45.0 Å². The zero-order chi connectivity index (χ0) is 19.4. The molecular formula is C16H20F3NO5. The number of nitrogens with one attached hydrogen (secondary N) is 1. The van der Waals surface area contributed by atoms with E-state index < -0.39 is 35.4 Å². The maximum atomic E-state index is 13.0. The number of carbonyl (C=O) groups is 2. The molecule has 1 unspecified atom stereocenters. The second-order valence-corrected chi connectivity index (χ2v) is 6.27. The van der Waals surface area contributed by atoms with Crippen LogP contribution in [0.1, 0.15) is 31.9 Å². The molecule has 2 N–H and O–H groups in total. The van der Waals surface area contributed by atoms with Crippen LogP contribution in [0.2, 0.25) is 0 Å². The number of hydrogen-bond acceptors (Lipinski definition) is 4. The van der Waals surface area contributed by atoms with Gasteiger partial charge in [-0.25, -0.2) is 9.59 Å². The molecule has 0 aliphatic heterocycles. The quantitative estimate of drug-likeness (QED) is 0.839. The monoisotopic (exact) mass is 363 g/mol. The summed E-state index contributed by atoms with van der Waals surface area (Å²) in [7, 11) is 1.11. The second-order valence-electron chi connectivity index (χ2n) is 6.27. The number of rotatable bonds is 5. The molecule has 0 aliphatic rings. The standard InChI is InChI=1S/C16H20F3NO5/c1-15(2,3)25-14(23)20-11(13(21)22)8-9-5-6-12(24-4)10(7-9)16(17,18)19/h5-7,11H,8H2,1-4H3,(H,20,23)(H,21,22). The Morgan fingerprint density at radius 3 is 2.28 bits per heavy atom. The molecule has 1 rings (SSSR count). The van der Waals surface area contributed by atoms with E-state index in [2.05, 4.69) is 10.1 Å². The number of halogens is 3. The van der Waals surface area contributed by atoms with Gasteiger partial charge in [0.15, 0.2) is 0 Å². The van der Waals surface area contributed by atoms with Crippen molar-refractivity contribution >= 4 is 12.1 Å². The van der Waals surface area contributed by atoms with E-state index in [1.807, 2.05) is 0 Å². The van der Waals surface area contributed by atoms with Gasteiger partial charge in [0.05, 0.1) is 12.7 Å². The molecule has 0 fully saturated rings. The molecule has 0 saturated carbocycles. The van der Waals surface area contributed by atoms with E-state index in [9.17, 15) is 27.9 Å². The third-order valence-electron chi connectivity index (χ3n) is 3.00. The lowest BCUT2D eigenvalue weighted by Gasteiger charge is -2.22. The number of methoxy groups -OCH3 is 1. The van der Waals surface area contributed by atoms with Gasteiger partial charge in [0.2, 0.25) is 0 Å². The smallest absolute Gasteiger partial charge is 0.419 e. The number of ether oxygens (including phenoxy) is 2. The van der Waals surface area contributed by atoms with E-state index in [1.165, 1.54) is 6.07 Å². The van der Waals surface area contributed by atoms with Crippen LogP contribution in [0.5, 0.6) is 5.75 Å². The average Bonchev–Trinajstić information content (AvgIpc) is 2.43. The Labute approximate surface area is 142 Å². The summed E-state index contributed by atoms with van der Waals surface area (Å²) in [4.78, 5) is 23.0. The van der Waals surface area contributed by atoms with E-state index in [0.717, 1.165) is 19.2 Å². The Hall–Kier alpha value is -2.45. The van der Waals surface area contributed by atoms with Gasteiger partial charge in [-0.3, -0.25) is 0 Å². The van der Waals surface area contributed by atoms with E-state index in [-0.39, 0.29) is 17.7 Å². The van der Waals surface area contributed by atoms with E-state index in [4.69, 9.17) is 4.74 Å². The number of carboxylic acid groups (broad SMARTS) is 1. The maximum absolute atomic E-state index is 13.0. The second kappa shape index (κ2) is 7.62. The molecule has 1 aromatic carbocycles. The molecule has 6 nitrogen and oxygen atoms in total. The first-order valence-corrected chi connectivity index (χ1v) is 7.30. The topological polar surface area (TPSA) is 84.9 Å². The largest absolute Gasteiger partial charge is 0.496 e. The fourth-order valence-electron chi connectivity index (χ4n) is 1.99. The molecule has 0 saturated heterocycles. The molecular weight excluding hydrogens is 343 g/mol. The predicted octanol–water partition coefficient (Wildman–Crippen LogP) is 3.23. The SMILES string of the molecule is COc1ccc(CC(NC(=O)OC(C)(C)C)C(=O)O)cc1C(F)(F)F. The van der Waals surface area contributed by atoms with E-state index in [1.54, 1.807) is 20.8 Å². The van der Waals surface area contributed by atoms with Crippen molar-refractivity contribution in [2.24, 2.45) is 0 Å². The van der Waals surface area contributed by atoms with Crippen LogP contribution in [-0.2, 0) is 22.1 Å². The first-order valence-electron chi connectivity index (χ1n) is 7.30. The average molecular weight is 363 g/mol. The van der Waals surface area contributed by atoms with Crippen molar-refractivity contribution in [3.63, 3.8) is 0 Å². The van der Waals surface area contributed by atoms with Gasteiger partial charge in [-0.2, -0.15) is 13.2 Å². The van der Waals surface area contributed by atoms with Crippen LogP contribution in [0.4, 0.5) is 18.0 Å². The van der Waals surface area contributed by atoms with Crippen LogP contribution in [0.15, 0.2) is 18.2 Å². The number of alkyl halides is 3.